The minimum Gasteiger partial charge on any atom is -0.383 e. The monoisotopic (exact) mass is 431 g/mol. The third-order valence-corrected chi connectivity index (χ3v) is 5.05. The summed E-state index contributed by atoms with van der Waals surface area (Å²) in [5, 5.41) is 9.95. The van der Waals surface area contributed by atoms with Gasteiger partial charge in [-0.15, -0.1) is 0 Å². The zero-order chi connectivity index (χ0) is 22.0. The molecule has 0 saturated carbocycles. The highest BCUT2D eigenvalue weighted by Gasteiger charge is 2.08. The molecule has 2 heterocycles. The van der Waals surface area contributed by atoms with E-state index in [4.69, 9.17) is 14.5 Å². The minimum atomic E-state index is 0.494. The predicted octanol–water partition coefficient (Wildman–Crippen LogP) is 4.12. The van der Waals surface area contributed by atoms with Crippen LogP contribution in [0.1, 0.15) is 11.1 Å². The summed E-state index contributed by atoms with van der Waals surface area (Å²) in [6.07, 6.45) is 5.76. The summed E-state index contributed by atoms with van der Waals surface area (Å²) in [5.41, 5.74) is 6.04. The van der Waals surface area contributed by atoms with Gasteiger partial charge in [-0.1, -0.05) is 30.4 Å². The molecule has 0 spiro atoms. The molecule has 2 aromatic carbocycles. The second-order valence-corrected chi connectivity index (χ2v) is 7.49. The van der Waals surface area contributed by atoms with Gasteiger partial charge in [-0.3, -0.25) is 0 Å². The SMILES string of the molecule is CNCCNc1ccc2cc1COC/C=C/COCc1cccc(c1)-c1ccnc(n1)N2. The van der Waals surface area contributed by atoms with Gasteiger partial charge in [0.1, 0.15) is 0 Å². The Hall–Kier alpha value is -3.26. The van der Waals surface area contributed by atoms with Crippen molar-refractivity contribution in [1.29, 1.82) is 0 Å². The van der Waals surface area contributed by atoms with Crippen molar-refractivity contribution in [2.45, 2.75) is 13.2 Å². The molecule has 3 aromatic rings. The van der Waals surface area contributed by atoms with Crippen LogP contribution in [0, 0.1) is 0 Å². The molecule has 0 aliphatic carbocycles. The summed E-state index contributed by atoms with van der Waals surface area (Å²) in [5.74, 6) is 0.552. The first-order valence-corrected chi connectivity index (χ1v) is 10.8. The van der Waals surface area contributed by atoms with Crippen molar-refractivity contribution in [2.75, 3.05) is 44.0 Å². The molecule has 32 heavy (non-hydrogen) atoms. The van der Waals surface area contributed by atoms with Crippen LogP contribution in [-0.4, -0.2) is 43.3 Å². The zero-order valence-corrected chi connectivity index (χ0v) is 18.3. The van der Waals surface area contributed by atoms with Gasteiger partial charge >= 0.3 is 0 Å². The van der Waals surface area contributed by atoms with E-state index in [1.54, 1.807) is 6.20 Å². The van der Waals surface area contributed by atoms with E-state index in [-0.39, 0.29) is 0 Å². The van der Waals surface area contributed by atoms with Gasteiger partial charge in [-0.05, 0) is 42.9 Å². The van der Waals surface area contributed by atoms with E-state index >= 15 is 0 Å². The smallest absolute Gasteiger partial charge is 0.227 e. The Morgan fingerprint density at radius 2 is 1.84 bits per heavy atom. The summed E-state index contributed by atoms with van der Waals surface area (Å²) < 4.78 is 11.7. The molecule has 7 nitrogen and oxygen atoms in total. The lowest BCUT2D eigenvalue weighted by molar-refractivity contribution is 0.140. The summed E-state index contributed by atoms with van der Waals surface area (Å²) in [6.45, 7) is 3.82. The van der Waals surface area contributed by atoms with Gasteiger partial charge in [-0.2, -0.15) is 0 Å². The van der Waals surface area contributed by atoms with Gasteiger partial charge in [0.15, 0.2) is 0 Å². The van der Waals surface area contributed by atoms with E-state index in [2.05, 4.69) is 51.3 Å². The molecule has 0 fully saturated rings. The molecule has 3 N–H and O–H groups in total. The number of anilines is 3. The van der Waals surface area contributed by atoms with Crippen molar-refractivity contribution >= 4 is 17.3 Å². The van der Waals surface area contributed by atoms with E-state index in [0.717, 1.165) is 46.8 Å². The van der Waals surface area contributed by atoms with Gasteiger partial charge in [0.2, 0.25) is 5.95 Å². The highest BCUT2D eigenvalue weighted by molar-refractivity contribution is 5.65. The van der Waals surface area contributed by atoms with Crippen LogP contribution in [0.2, 0.25) is 0 Å². The van der Waals surface area contributed by atoms with Crippen LogP contribution in [-0.2, 0) is 22.7 Å². The lowest BCUT2D eigenvalue weighted by Crippen LogP contribution is -2.18. The standard InChI is InChI=1S/C25H29N5O2/c1-26-11-12-27-23-8-7-22-16-21(23)18-32-14-3-2-13-31-17-19-5-4-6-20(15-19)24-9-10-28-25(29-22)30-24/h2-10,15-16,26-27H,11-14,17-18H2,1H3,(H,28,29,30)/b3-2+. The largest absolute Gasteiger partial charge is 0.383 e. The summed E-state index contributed by atoms with van der Waals surface area (Å²) in [4.78, 5) is 9.12. The van der Waals surface area contributed by atoms with Crippen LogP contribution in [0.5, 0.6) is 0 Å². The van der Waals surface area contributed by atoms with Crippen LogP contribution < -0.4 is 16.0 Å². The fraction of sp³-hybridized carbons (Fsp3) is 0.280. The number of rotatable bonds is 4. The van der Waals surface area contributed by atoms with Crippen molar-refractivity contribution in [3.8, 4) is 11.3 Å². The molecule has 1 aliphatic rings. The molecule has 166 valence electrons. The molecule has 0 atom stereocenters. The maximum absolute atomic E-state index is 5.89. The van der Waals surface area contributed by atoms with E-state index < -0.39 is 0 Å². The van der Waals surface area contributed by atoms with E-state index in [1.807, 2.05) is 37.4 Å². The average Bonchev–Trinajstić information content (AvgIpc) is 2.82. The molecular weight excluding hydrogens is 402 g/mol. The maximum Gasteiger partial charge on any atom is 0.227 e. The molecule has 7 heteroatoms. The predicted molar refractivity (Wildman–Crippen MR) is 128 cm³/mol. The maximum atomic E-state index is 5.89. The van der Waals surface area contributed by atoms with Gasteiger partial charge in [0.05, 0.1) is 32.1 Å². The van der Waals surface area contributed by atoms with Crippen molar-refractivity contribution in [2.24, 2.45) is 0 Å². The van der Waals surface area contributed by atoms with Gasteiger partial charge in [-0.25, -0.2) is 9.97 Å². The number of ether oxygens (including phenoxy) is 2. The molecule has 6 bridgehead atoms. The summed E-state index contributed by atoms with van der Waals surface area (Å²) in [7, 11) is 1.94. The zero-order valence-electron chi connectivity index (χ0n) is 18.3. The van der Waals surface area contributed by atoms with Gasteiger partial charge in [0, 0.05) is 41.8 Å². The number of aromatic nitrogens is 2. The fourth-order valence-corrected chi connectivity index (χ4v) is 3.43. The van der Waals surface area contributed by atoms with Crippen LogP contribution in [0.25, 0.3) is 11.3 Å². The number of benzene rings is 2. The Kier molecular flexibility index (Phi) is 7.81. The van der Waals surface area contributed by atoms with Crippen LogP contribution in [0.15, 0.2) is 66.9 Å². The Balaban J connectivity index is 1.63. The first kappa shape index (κ1) is 22.0. The lowest BCUT2D eigenvalue weighted by Gasteiger charge is -2.15. The lowest BCUT2D eigenvalue weighted by atomic mass is 10.1. The van der Waals surface area contributed by atoms with Crippen molar-refractivity contribution < 1.29 is 9.47 Å². The number of fused-ring (bicyclic) bond motifs is 7. The third kappa shape index (κ3) is 6.13. The normalized spacial score (nSPS) is 15.2. The summed E-state index contributed by atoms with van der Waals surface area (Å²) >= 11 is 0. The number of likely N-dealkylation sites (N-methyl/N-ethyl adjacent to an activating group) is 1. The van der Waals surface area contributed by atoms with E-state index in [1.165, 1.54) is 0 Å². The number of hydrogen-bond acceptors (Lipinski definition) is 7. The molecule has 1 aliphatic heterocycles. The van der Waals surface area contributed by atoms with Crippen LogP contribution in [0.3, 0.4) is 0 Å². The fourth-order valence-electron chi connectivity index (χ4n) is 3.43. The summed E-state index contributed by atoms with van der Waals surface area (Å²) in [6, 6.07) is 16.3. The molecule has 4 rings (SSSR count). The van der Waals surface area contributed by atoms with Crippen molar-refractivity contribution in [3.63, 3.8) is 0 Å². The highest BCUT2D eigenvalue weighted by atomic mass is 16.5. The average molecular weight is 432 g/mol. The molecular formula is C25H29N5O2. The quantitative estimate of drug-likeness (QED) is 0.423. The second kappa shape index (κ2) is 11.4. The molecule has 0 amide bonds. The Morgan fingerprint density at radius 1 is 0.969 bits per heavy atom. The Bertz CT molecular complexity index is 1050. The first-order valence-electron chi connectivity index (χ1n) is 10.8. The highest BCUT2D eigenvalue weighted by Crippen LogP contribution is 2.25. The van der Waals surface area contributed by atoms with Crippen molar-refractivity contribution in [1.82, 2.24) is 15.3 Å². The number of nitrogens with one attached hydrogen (secondary N) is 3. The first-order chi connectivity index (χ1) is 15.8. The number of hydrogen-bond donors (Lipinski definition) is 3. The van der Waals surface area contributed by atoms with E-state index in [9.17, 15) is 0 Å². The molecule has 1 aromatic heterocycles. The molecule has 0 radical (unpaired) electrons. The van der Waals surface area contributed by atoms with Crippen molar-refractivity contribution in [3.05, 3.63) is 78.0 Å². The van der Waals surface area contributed by atoms with Gasteiger partial charge < -0.3 is 25.4 Å². The van der Waals surface area contributed by atoms with E-state index in [0.29, 0.717) is 32.4 Å². The molecule has 0 unspecified atom stereocenters. The molecule has 0 saturated heterocycles. The number of nitrogens with zero attached hydrogens (tertiary/aromatic N) is 2. The van der Waals surface area contributed by atoms with Gasteiger partial charge in [0.25, 0.3) is 0 Å². The topological polar surface area (TPSA) is 80.3 Å². The minimum absolute atomic E-state index is 0.494. The second-order valence-electron chi connectivity index (χ2n) is 7.49. The Labute approximate surface area is 188 Å². The van der Waals surface area contributed by atoms with Crippen LogP contribution >= 0.6 is 0 Å². The Morgan fingerprint density at radius 3 is 2.72 bits per heavy atom. The third-order valence-electron chi connectivity index (χ3n) is 5.05. The van der Waals surface area contributed by atoms with Crippen LogP contribution in [0.4, 0.5) is 17.3 Å².